The second-order valence-electron chi connectivity index (χ2n) is 9.83. The average Bonchev–Trinajstić information content (AvgIpc) is 2.86. The maximum Gasteiger partial charge on any atom is 0.410 e. The van der Waals surface area contributed by atoms with Crippen molar-refractivity contribution in [3.8, 4) is 0 Å². The number of alkyl halides is 1. The van der Waals surface area contributed by atoms with Crippen molar-refractivity contribution in [2.75, 3.05) is 25.0 Å². The highest BCUT2D eigenvalue weighted by atomic mass is 35.5. The number of fused-ring (bicyclic) bond motifs is 1. The van der Waals surface area contributed by atoms with Crippen LogP contribution in [0, 0.1) is 0 Å². The third-order valence-electron chi connectivity index (χ3n) is 5.94. The Kier molecular flexibility index (Phi) is 7.50. The number of nitrogens with zero attached hydrogens (tertiary/aromatic N) is 2. The van der Waals surface area contributed by atoms with Gasteiger partial charge in [-0.15, -0.1) is 11.6 Å². The summed E-state index contributed by atoms with van der Waals surface area (Å²) in [5.74, 6) is -0.385. The Hall–Kier alpha value is -3.58. The van der Waals surface area contributed by atoms with Gasteiger partial charge in [-0.25, -0.2) is 4.79 Å². The maximum atomic E-state index is 13.5. The largest absolute Gasteiger partial charge is 0.444 e. The molecule has 7 nitrogen and oxygen atoms in total. The predicted octanol–water partition coefficient (Wildman–Crippen LogP) is 5.28. The quantitative estimate of drug-likeness (QED) is 0.487. The van der Waals surface area contributed by atoms with Crippen LogP contribution in [-0.2, 0) is 15.4 Å². The molecule has 1 atom stereocenters. The fourth-order valence-electron chi connectivity index (χ4n) is 4.19. The number of anilines is 1. The average molecular weight is 508 g/mol. The normalized spacial score (nSPS) is 16.1. The molecule has 1 N–H and O–H groups in total. The zero-order chi connectivity index (χ0) is 25.9. The highest BCUT2D eigenvalue weighted by Crippen LogP contribution is 2.22. The van der Waals surface area contributed by atoms with Gasteiger partial charge < -0.3 is 19.9 Å². The highest BCUT2D eigenvalue weighted by Gasteiger charge is 2.38. The first-order valence-corrected chi connectivity index (χ1v) is 12.4. The van der Waals surface area contributed by atoms with E-state index in [9.17, 15) is 14.4 Å². The number of amides is 3. The predicted molar refractivity (Wildman–Crippen MR) is 141 cm³/mol. The van der Waals surface area contributed by atoms with Crippen LogP contribution in [0.4, 0.5) is 10.5 Å². The Morgan fingerprint density at radius 3 is 2.44 bits per heavy atom. The van der Waals surface area contributed by atoms with Crippen LogP contribution in [0.5, 0.6) is 0 Å². The van der Waals surface area contributed by atoms with Gasteiger partial charge in [0.05, 0.1) is 6.54 Å². The van der Waals surface area contributed by atoms with Crippen molar-refractivity contribution in [2.45, 2.75) is 38.3 Å². The second-order valence-corrected chi connectivity index (χ2v) is 10.1. The zero-order valence-electron chi connectivity index (χ0n) is 20.7. The van der Waals surface area contributed by atoms with Gasteiger partial charge in [-0.05, 0) is 61.4 Å². The molecule has 0 bridgehead atoms. The van der Waals surface area contributed by atoms with E-state index in [-0.39, 0.29) is 37.3 Å². The molecular formula is C28H30ClN3O4. The molecule has 188 valence electrons. The first-order chi connectivity index (χ1) is 17.1. The Balaban J connectivity index is 1.60. The third-order valence-corrected chi connectivity index (χ3v) is 6.25. The van der Waals surface area contributed by atoms with Crippen LogP contribution in [0.15, 0.2) is 66.7 Å². The fraction of sp³-hybridized carbons (Fsp3) is 0.321. The summed E-state index contributed by atoms with van der Waals surface area (Å²) in [6, 6.07) is 19.6. The lowest BCUT2D eigenvalue weighted by molar-refractivity contribution is -0.122. The first-order valence-electron chi connectivity index (χ1n) is 11.9. The summed E-state index contributed by atoms with van der Waals surface area (Å²) in [7, 11) is 0. The van der Waals surface area contributed by atoms with E-state index in [1.165, 1.54) is 9.80 Å². The minimum atomic E-state index is -0.898. The van der Waals surface area contributed by atoms with Crippen molar-refractivity contribution in [3.63, 3.8) is 0 Å². The molecule has 0 aliphatic carbocycles. The van der Waals surface area contributed by atoms with Crippen molar-refractivity contribution in [1.82, 2.24) is 9.80 Å². The molecule has 1 unspecified atom stereocenters. The number of benzene rings is 3. The van der Waals surface area contributed by atoms with E-state index in [1.54, 1.807) is 39.0 Å². The van der Waals surface area contributed by atoms with E-state index in [4.69, 9.17) is 16.3 Å². The molecule has 0 spiro atoms. The number of nitrogens with one attached hydrogen (secondary N) is 1. The van der Waals surface area contributed by atoms with Crippen LogP contribution in [-0.4, -0.2) is 59.0 Å². The van der Waals surface area contributed by atoms with Crippen LogP contribution < -0.4 is 5.32 Å². The summed E-state index contributed by atoms with van der Waals surface area (Å²) in [6.07, 6.45) is -0.512. The van der Waals surface area contributed by atoms with Crippen molar-refractivity contribution in [3.05, 3.63) is 77.9 Å². The van der Waals surface area contributed by atoms with Crippen molar-refractivity contribution < 1.29 is 19.1 Å². The molecule has 0 radical (unpaired) electrons. The Labute approximate surface area is 216 Å². The van der Waals surface area contributed by atoms with Gasteiger partial charge in [-0.1, -0.05) is 42.5 Å². The zero-order valence-corrected chi connectivity index (χ0v) is 21.4. The van der Waals surface area contributed by atoms with Crippen LogP contribution in [0.1, 0.15) is 36.7 Å². The molecule has 1 fully saturated rings. The van der Waals surface area contributed by atoms with Gasteiger partial charge in [-0.3, -0.25) is 9.59 Å². The smallest absolute Gasteiger partial charge is 0.410 e. The van der Waals surface area contributed by atoms with Gasteiger partial charge in [0.2, 0.25) is 5.91 Å². The minimum absolute atomic E-state index is 0.0231. The number of hydrogen-bond donors (Lipinski definition) is 1. The first kappa shape index (κ1) is 25.5. The van der Waals surface area contributed by atoms with E-state index in [0.717, 1.165) is 16.3 Å². The fourth-order valence-corrected chi connectivity index (χ4v) is 4.35. The molecule has 3 aromatic rings. The summed E-state index contributed by atoms with van der Waals surface area (Å²) < 4.78 is 5.52. The summed E-state index contributed by atoms with van der Waals surface area (Å²) in [5, 5.41) is 4.98. The van der Waals surface area contributed by atoms with E-state index in [1.807, 2.05) is 48.5 Å². The van der Waals surface area contributed by atoms with Crippen molar-refractivity contribution in [1.29, 1.82) is 0 Å². The lowest BCUT2D eigenvalue weighted by Crippen LogP contribution is -2.61. The molecule has 1 heterocycles. The summed E-state index contributed by atoms with van der Waals surface area (Å²) >= 11 is 5.96. The van der Waals surface area contributed by atoms with Crippen LogP contribution in [0.3, 0.4) is 0 Å². The lowest BCUT2D eigenvalue weighted by atomic mass is 10.1. The molecular weight excluding hydrogens is 478 g/mol. The minimum Gasteiger partial charge on any atom is -0.444 e. The highest BCUT2D eigenvalue weighted by molar-refractivity contribution is 6.17. The summed E-state index contributed by atoms with van der Waals surface area (Å²) in [4.78, 5) is 42.8. The van der Waals surface area contributed by atoms with E-state index in [0.29, 0.717) is 11.3 Å². The number of hydrogen-bond acceptors (Lipinski definition) is 4. The van der Waals surface area contributed by atoms with Crippen molar-refractivity contribution >= 4 is 46.0 Å². The standard InChI is InChI=1S/C28H30ClN3O4/c1-28(2,3)36-27(35)31-13-14-32(26(34)22-10-6-7-19(15-22)17-29)24(18-31)25(33)30-23-12-11-20-8-4-5-9-21(20)16-23/h4-12,15-16,24H,13-14,17-18H2,1-3H3,(H,30,33). The maximum absolute atomic E-state index is 13.5. The summed E-state index contributed by atoms with van der Waals surface area (Å²) in [6.45, 7) is 5.85. The van der Waals surface area contributed by atoms with Crippen LogP contribution in [0.25, 0.3) is 10.8 Å². The number of halogens is 1. The second kappa shape index (κ2) is 10.6. The number of carbonyl (C=O) groups excluding carboxylic acids is 3. The topological polar surface area (TPSA) is 79.0 Å². The number of rotatable bonds is 4. The lowest BCUT2D eigenvalue weighted by Gasteiger charge is -2.40. The Morgan fingerprint density at radius 2 is 1.72 bits per heavy atom. The van der Waals surface area contributed by atoms with Gasteiger partial charge in [0.25, 0.3) is 5.91 Å². The van der Waals surface area contributed by atoms with Gasteiger partial charge in [0.15, 0.2) is 0 Å². The Bertz CT molecular complexity index is 1290. The van der Waals surface area contributed by atoms with E-state index < -0.39 is 17.7 Å². The SMILES string of the molecule is CC(C)(C)OC(=O)N1CCN(C(=O)c2cccc(CCl)c2)C(C(=O)Nc2ccc3ccccc3c2)C1. The molecule has 3 amide bonds. The molecule has 0 aromatic heterocycles. The molecule has 1 aliphatic rings. The summed E-state index contributed by atoms with van der Waals surface area (Å²) in [5.41, 5.74) is 1.20. The van der Waals surface area contributed by atoms with Crippen LogP contribution >= 0.6 is 11.6 Å². The molecule has 0 saturated carbocycles. The number of ether oxygens (including phenoxy) is 1. The monoisotopic (exact) mass is 507 g/mol. The van der Waals surface area contributed by atoms with Gasteiger partial charge in [0, 0.05) is 30.2 Å². The number of piperazine rings is 1. The van der Waals surface area contributed by atoms with E-state index >= 15 is 0 Å². The molecule has 1 saturated heterocycles. The molecule has 4 rings (SSSR count). The number of carbonyl (C=O) groups is 3. The molecule has 3 aromatic carbocycles. The third kappa shape index (κ3) is 5.97. The van der Waals surface area contributed by atoms with Gasteiger partial charge in [-0.2, -0.15) is 0 Å². The van der Waals surface area contributed by atoms with Crippen LogP contribution in [0.2, 0.25) is 0 Å². The van der Waals surface area contributed by atoms with Gasteiger partial charge >= 0.3 is 6.09 Å². The molecule has 36 heavy (non-hydrogen) atoms. The van der Waals surface area contributed by atoms with Crippen molar-refractivity contribution in [2.24, 2.45) is 0 Å². The molecule has 1 aliphatic heterocycles. The van der Waals surface area contributed by atoms with E-state index in [2.05, 4.69) is 5.32 Å². The van der Waals surface area contributed by atoms with Gasteiger partial charge in [0.1, 0.15) is 11.6 Å². The molecule has 8 heteroatoms. The Morgan fingerprint density at radius 1 is 0.972 bits per heavy atom.